The number of nitrogens with one attached hydrogen (secondary N) is 1. The molecule has 0 spiro atoms. The van der Waals surface area contributed by atoms with E-state index in [9.17, 15) is 4.79 Å². The first-order valence-corrected chi connectivity index (χ1v) is 12.5. The summed E-state index contributed by atoms with van der Waals surface area (Å²) in [5.41, 5.74) is 8.69. The van der Waals surface area contributed by atoms with Gasteiger partial charge in [0.05, 0.1) is 30.7 Å². The van der Waals surface area contributed by atoms with Crippen molar-refractivity contribution in [3.05, 3.63) is 42.4 Å². The third kappa shape index (κ3) is 6.07. The van der Waals surface area contributed by atoms with Crippen molar-refractivity contribution in [3.8, 4) is 22.6 Å². The molecule has 4 N–H and O–H groups in total. The number of carbonyl (C=O) groups is 1. The number of nitrogens with zero attached hydrogens (tertiary/aromatic N) is 5. The molecule has 1 aliphatic carbocycles. The summed E-state index contributed by atoms with van der Waals surface area (Å²) in [5.74, 6) is 1.01. The number of nitrogens with two attached hydrogens (primary N) is 1. The first kappa shape index (κ1) is 26.5. The number of aromatic nitrogens is 5. The summed E-state index contributed by atoms with van der Waals surface area (Å²) >= 11 is 0. The molecule has 1 unspecified atom stereocenters. The first-order chi connectivity index (χ1) is 17.9. The van der Waals surface area contributed by atoms with Crippen LogP contribution in [0.4, 0.5) is 5.82 Å². The van der Waals surface area contributed by atoms with E-state index in [4.69, 9.17) is 20.3 Å². The Morgan fingerprint density at radius 1 is 1.24 bits per heavy atom. The van der Waals surface area contributed by atoms with Gasteiger partial charge in [-0.1, -0.05) is 0 Å². The van der Waals surface area contributed by atoms with E-state index >= 15 is 0 Å². The Bertz CT molecular complexity index is 1290. The summed E-state index contributed by atoms with van der Waals surface area (Å²) in [4.78, 5) is 20.7. The van der Waals surface area contributed by atoms with Gasteiger partial charge in [0.1, 0.15) is 17.2 Å². The summed E-state index contributed by atoms with van der Waals surface area (Å²) in [6, 6.07) is 5.82. The number of aliphatic hydroxyl groups excluding tert-OH is 1. The molecular formula is C26H35N7O4. The number of anilines is 1. The number of fused-ring (bicyclic) bond motifs is 2. The van der Waals surface area contributed by atoms with Crippen LogP contribution in [0.3, 0.4) is 0 Å². The van der Waals surface area contributed by atoms with Gasteiger partial charge in [-0.2, -0.15) is 9.61 Å². The van der Waals surface area contributed by atoms with Crippen LogP contribution in [0.25, 0.3) is 28.3 Å². The van der Waals surface area contributed by atoms with Gasteiger partial charge in [-0.15, -0.1) is 0 Å². The highest BCUT2D eigenvalue weighted by atomic mass is 16.5. The second-order valence-electron chi connectivity index (χ2n) is 9.12. The van der Waals surface area contributed by atoms with Crippen molar-refractivity contribution in [2.75, 3.05) is 32.7 Å². The zero-order valence-corrected chi connectivity index (χ0v) is 21.6. The van der Waals surface area contributed by atoms with Crippen molar-refractivity contribution in [1.29, 1.82) is 0 Å². The molecule has 4 aliphatic rings. The van der Waals surface area contributed by atoms with E-state index in [0.717, 1.165) is 36.4 Å². The van der Waals surface area contributed by atoms with Gasteiger partial charge >= 0.3 is 0 Å². The van der Waals surface area contributed by atoms with Crippen molar-refractivity contribution in [2.24, 2.45) is 12.8 Å². The molecule has 1 saturated heterocycles. The van der Waals surface area contributed by atoms with Gasteiger partial charge in [-0.05, 0) is 44.2 Å². The summed E-state index contributed by atoms with van der Waals surface area (Å²) < 4.78 is 13.4. The minimum atomic E-state index is -0.561. The predicted octanol–water partition coefficient (Wildman–Crippen LogP) is 2.72. The zero-order chi connectivity index (χ0) is 26.4. The summed E-state index contributed by atoms with van der Waals surface area (Å²) in [7, 11) is 5.51. The van der Waals surface area contributed by atoms with Crippen LogP contribution in [0, 0.1) is 0 Å². The Morgan fingerprint density at radius 2 is 2.05 bits per heavy atom. The fraction of sp³-hybridized carbons (Fsp3) is 0.462. The van der Waals surface area contributed by atoms with Crippen molar-refractivity contribution in [2.45, 2.75) is 44.3 Å². The molecule has 1 saturated carbocycles. The highest BCUT2D eigenvalue weighted by Crippen LogP contribution is 2.33. The van der Waals surface area contributed by atoms with Gasteiger partial charge in [0.25, 0.3) is 5.91 Å². The van der Waals surface area contributed by atoms with E-state index in [-0.39, 0.29) is 11.7 Å². The number of carbonyl (C=O) groups excluding carboxylic acids is 1. The maximum Gasteiger partial charge on any atom is 0.254 e. The number of methoxy groups -OCH3 is 1. The Labute approximate surface area is 216 Å². The standard InChI is InChI=1S/C16H15N7O.C5H10O2.C5H10O/c1-18-13-6-12(21-16-11(14(17)24)8-20-23(13)16)10-7-19-15-9(10)4-3-5-22(15)2;6-5-2-1-3-7-4-5;1-6-5-3-2-4-5/h3-8,18H,1-2H3,(H2,17,24);5-6H,1-4H2;5H,2-4H2,1H3. The van der Waals surface area contributed by atoms with Crippen LogP contribution in [-0.4, -0.2) is 74.7 Å². The Morgan fingerprint density at radius 3 is 2.59 bits per heavy atom. The fourth-order valence-corrected chi connectivity index (χ4v) is 4.16. The number of hydrogen-bond donors (Lipinski definition) is 3. The number of hydrogen-bond acceptors (Lipinski definition) is 8. The molecule has 198 valence electrons. The SMILES string of the molecule is CNc1cc(-c2cnc3n(C)cccc2-3)nc2c(C(N)=O)cnn12.COC1CCC1.OC1CCCOC1. The Kier molecular flexibility index (Phi) is 8.70. The molecule has 1 atom stereocenters. The zero-order valence-electron chi connectivity index (χ0n) is 21.6. The normalized spacial score (nSPS) is 17.4. The van der Waals surface area contributed by atoms with Crippen LogP contribution in [-0.2, 0) is 16.5 Å². The molecule has 0 aromatic carbocycles. The minimum Gasteiger partial charge on any atom is -0.391 e. The monoisotopic (exact) mass is 509 g/mol. The highest BCUT2D eigenvalue weighted by molar-refractivity contribution is 5.99. The van der Waals surface area contributed by atoms with Crippen LogP contribution in [0.1, 0.15) is 42.5 Å². The number of amides is 1. The molecule has 2 fully saturated rings. The molecule has 3 aliphatic heterocycles. The van der Waals surface area contributed by atoms with Gasteiger partial charge in [-0.3, -0.25) is 4.79 Å². The molecule has 37 heavy (non-hydrogen) atoms. The number of rotatable bonds is 4. The van der Waals surface area contributed by atoms with E-state index in [0.29, 0.717) is 29.9 Å². The lowest BCUT2D eigenvalue weighted by Gasteiger charge is -2.22. The van der Waals surface area contributed by atoms with E-state index in [1.165, 1.54) is 25.5 Å². The number of primary amides is 1. The Hall–Kier alpha value is -3.54. The van der Waals surface area contributed by atoms with E-state index in [2.05, 4.69) is 20.4 Å². The van der Waals surface area contributed by atoms with E-state index in [1.807, 2.05) is 36.0 Å². The number of ether oxygens (including phenoxy) is 2. The largest absolute Gasteiger partial charge is 0.391 e. The van der Waals surface area contributed by atoms with Gasteiger partial charge in [-0.25, -0.2) is 9.97 Å². The second-order valence-corrected chi connectivity index (χ2v) is 9.12. The molecule has 1 amide bonds. The van der Waals surface area contributed by atoms with E-state index < -0.39 is 5.91 Å². The molecule has 5 heterocycles. The molecule has 0 radical (unpaired) electrons. The molecule has 11 nitrogen and oxygen atoms in total. The fourth-order valence-electron chi connectivity index (χ4n) is 4.16. The van der Waals surface area contributed by atoms with Gasteiger partial charge in [0, 0.05) is 57.4 Å². The maximum atomic E-state index is 11.6. The average molecular weight is 510 g/mol. The number of aliphatic hydroxyl groups is 1. The van der Waals surface area contributed by atoms with Gasteiger partial charge in [0.2, 0.25) is 0 Å². The topological polar surface area (TPSA) is 142 Å². The van der Waals surface area contributed by atoms with Crippen LogP contribution >= 0.6 is 0 Å². The highest BCUT2D eigenvalue weighted by Gasteiger charge is 2.20. The van der Waals surface area contributed by atoms with Crippen LogP contribution in [0.5, 0.6) is 0 Å². The Balaban J connectivity index is 0.000000200. The van der Waals surface area contributed by atoms with Crippen molar-refractivity contribution >= 4 is 17.4 Å². The third-order valence-corrected chi connectivity index (χ3v) is 6.54. The first-order valence-electron chi connectivity index (χ1n) is 12.5. The van der Waals surface area contributed by atoms with Gasteiger partial charge < -0.3 is 30.2 Å². The third-order valence-electron chi connectivity index (χ3n) is 6.54. The lowest BCUT2D eigenvalue weighted by Crippen LogP contribution is -2.21. The maximum absolute atomic E-state index is 11.6. The summed E-state index contributed by atoms with van der Waals surface area (Å²) in [6.07, 6.45) is 11.5. The van der Waals surface area contributed by atoms with Gasteiger partial charge in [0.15, 0.2) is 5.65 Å². The van der Waals surface area contributed by atoms with Crippen LogP contribution in [0.2, 0.25) is 0 Å². The molecule has 0 bridgehead atoms. The second kappa shape index (κ2) is 12.1. The van der Waals surface area contributed by atoms with Crippen LogP contribution < -0.4 is 11.1 Å². The molecular weight excluding hydrogens is 474 g/mol. The quantitative estimate of drug-likeness (QED) is 0.381. The van der Waals surface area contributed by atoms with Crippen molar-refractivity contribution < 1.29 is 19.4 Å². The average Bonchev–Trinajstić information content (AvgIpc) is 3.49. The smallest absolute Gasteiger partial charge is 0.254 e. The molecule has 2 aromatic rings. The summed E-state index contributed by atoms with van der Waals surface area (Å²) in [5, 5.41) is 16.0. The predicted molar refractivity (Wildman–Crippen MR) is 141 cm³/mol. The number of aryl methyl sites for hydroxylation is 1. The van der Waals surface area contributed by atoms with E-state index in [1.54, 1.807) is 24.9 Å². The van der Waals surface area contributed by atoms with Crippen LogP contribution in [0.15, 0.2) is 36.8 Å². The molecule has 2 aromatic heterocycles. The lowest BCUT2D eigenvalue weighted by atomic mass is 9.96. The molecule has 11 heteroatoms. The molecule has 6 rings (SSSR count). The van der Waals surface area contributed by atoms with Crippen molar-refractivity contribution in [3.63, 3.8) is 0 Å². The number of pyridine rings is 1. The summed E-state index contributed by atoms with van der Waals surface area (Å²) in [6.45, 7) is 1.37. The minimum absolute atomic E-state index is 0.186. The lowest BCUT2D eigenvalue weighted by molar-refractivity contribution is -0.00535. The van der Waals surface area contributed by atoms with Crippen molar-refractivity contribution in [1.82, 2.24) is 24.1 Å².